The smallest absolute Gasteiger partial charge is 0.0370 e. The van der Waals surface area contributed by atoms with Crippen LogP contribution in [0.1, 0.15) is 43.5 Å². The van der Waals surface area contributed by atoms with Crippen LogP contribution in [0.5, 0.6) is 0 Å². The van der Waals surface area contributed by atoms with Crippen LogP contribution >= 0.6 is 0 Å². The number of rotatable bonds is 6. The summed E-state index contributed by atoms with van der Waals surface area (Å²) in [6.07, 6.45) is 1.06. The van der Waals surface area contributed by atoms with Gasteiger partial charge in [-0.3, -0.25) is 4.90 Å². The molecule has 0 saturated carbocycles. The van der Waals surface area contributed by atoms with E-state index in [2.05, 4.69) is 62.0 Å². The number of nitrogens with two attached hydrogens (primary N) is 1. The van der Waals surface area contributed by atoms with E-state index >= 15 is 0 Å². The molecule has 2 N–H and O–H groups in total. The minimum atomic E-state index is 0.199. The molecular formula is C17H29N3. The fourth-order valence-corrected chi connectivity index (χ4v) is 3.16. The quantitative estimate of drug-likeness (QED) is 0.866. The van der Waals surface area contributed by atoms with Gasteiger partial charge in [0.1, 0.15) is 0 Å². The van der Waals surface area contributed by atoms with Gasteiger partial charge in [0.2, 0.25) is 0 Å². The van der Waals surface area contributed by atoms with Crippen LogP contribution in [-0.4, -0.2) is 43.5 Å². The Morgan fingerprint density at radius 2 is 1.80 bits per heavy atom. The molecule has 3 nitrogen and oxygen atoms in total. The molecule has 0 amide bonds. The van der Waals surface area contributed by atoms with Crippen molar-refractivity contribution in [2.45, 2.75) is 32.4 Å². The van der Waals surface area contributed by atoms with Crippen molar-refractivity contribution in [2.24, 2.45) is 11.7 Å². The van der Waals surface area contributed by atoms with E-state index in [1.54, 1.807) is 0 Å². The van der Waals surface area contributed by atoms with Crippen molar-refractivity contribution in [2.75, 3.05) is 33.7 Å². The summed E-state index contributed by atoms with van der Waals surface area (Å²) in [6, 6.07) is 9.39. The second-order valence-electron chi connectivity index (χ2n) is 6.68. The molecule has 1 aromatic carbocycles. The first kappa shape index (κ1) is 15.5. The number of fused-ring (bicyclic) bond motifs is 1. The van der Waals surface area contributed by atoms with E-state index in [1.807, 2.05) is 0 Å². The highest BCUT2D eigenvalue weighted by atomic mass is 15.2. The Bertz CT molecular complexity index is 428. The molecule has 0 aliphatic heterocycles. The van der Waals surface area contributed by atoms with E-state index < -0.39 is 0 Å². The maximum absolute atomic E-state index is 6.32. The zero-order valence-electron chi connectivity index (χ0n) is 13.3. The van der Waals surface area contributed by atoms with Crippen molar-refractivity contribution in [3.05, 3.63) is 35.4 Å². The molecule has 0 radical (unpaired) electrons. The predicted molar refractivity (Wildman–Crippen MR) is 85.7 cm³/mol. The number of likely N-dealkylation sites (N-methyl/N-ethyl adjacent to an activating group) is 1. The van der Waals surface area contributed by atoms with Gasteiger partial charge in [0.15, 0.2) is 0 Å². The Morgan fingerprint density at radius 3 is 2.40 bits per heavy atom. The van der Waals surface area contributed by atoms with Crippen LogP contribution in [0.15, 0.2) is 24.3 Å². The van der Waals surface area contributed by atoms with Crippen molar-refractivity contribution in [3.63, 3.8) is 0 Å². The average Bonchev–Trinajstić information content (AvgIpc) is 2.72. The minimum Gasteiger partial charge on any atom is -0.324 e. The third-order valence-electron chi connectivity index (χ3n) is 4.11. The molecule has 0 saturated heterocycles. The molecule has 1 aliphatic rings. The summed E-state index contributed by atoms with van der Waals surface area (Å²) in [7, 11) is 4.28. The van der Waals surface area contributed by atoms with Gasteiger partial charge in [-0.15, -0.1) is 0 Å². The molecule has 0 bridgehead atoms. The van der Waals surface area contributed by atoms with E-state index in [0.717, 1.165) is 26.1 Å². The molecule has 2 unspecified atom stereocenters. The molecule has 0 heterocycles. The molecule has 1 aliphatic carbocycles. The van der Waals surface area contributed by atoms with Crippen LogP contribution in [-0.2, 0) is 0 Å². The van der Waals surface area contributed by atoms with Crippen molar-refractivity contribution in [3.8, 4) is 0 Å². The summed E-state index contributed by atoms with van der Waals surface area (Å²) in [5.74, 6) is 0.682. The van der Waals surface area contributed by atoms with Crippen LogP contribution in [0.3, 0.4) is 0 Å². The predicted octanol–water partition coefficient (Wildman–Crippen LogP) is 2.65. The lowest BCUT2D eigenvalue weighted by Crippen LogP contribution is -2.36. The van der Waals surface area contributed by atoms with Gasteiger partial charge in [-0.2, -0.15) is 0 Å². The summed E-state index contributed by atoms with van der Waals surface area (Å²) < 4.78 is 0. The molecule has 112 valence electrons. The topological polar surface area (TPSA) is 32.5 Å². The van der Waals surface area contributed by atoms with Gasteiger partial charge < -0.3 is 10.6 Å². The first-order valence-corrected chi connectivity index (χ1v) is 7.72. The molecule has 0 aromatic heterocycles. The summed E-state index contributed by atoms with van der Waals surface area (Å²) >= 11 is 0. The Balaban J connectivity index is 2.17. The van der Waals surface area contributed by atoms with Gasteiger partial charge in [-0.1, -0.05) is 38.1 Å². The zero-order valence-corrected chi connectivity index (χ0v) is 13.3. The lowest BCUT2D eigenvalue weighted by Gasteiger charge is -2.32. The van der Waals surface area contributed by atoms with E-state index in [9.17, 15) is 0 Å². The molecule has 2 rings (SSSR count). The average molecular weight is 275 g/mol. The lowest BCUT2D eigenvalue weighted by atomic mass is 10.1. The Morgan fingerprint density at radius 1 is 1.15 bits per heavy atom. The third-order valence-corrected chi connectivity index (χ3v) is 4.11. The summed E-state index contributed by atoms with van der Waals surface area (Å²) in [4.78, 5) is 4.88. The highest BCUT2D eigenvalue weighted by Gasteiger charge is 2.32. The highest BCUT2D eigenvalue weighted by Crippen LogP contribution is 2.40. The first-order valence-electron chi connectivity index (χ1n) is 7.72. The second kappa shape index (κ2) is 6.70. The Kier molecular flexibility index (Phi) is 5.19. The monoisotopic (exact) mass is 275 g/mol. The van der Waals surface area contributed by atoms with Crippen LogP contribution in [0.25, 0.3) is 0 Å². The maximum Gasteiger partial charge on any atom is 0.0370 e. The van der Waals surface area contributed by atoms with Crippen molar-refractivity contribution < 1.29 is 0 Å². The van der Waals surface area contributed by atoms with Crippen LogP contribution in [0, 0.1) is 5.92 Å². The standard InChI is InChI=1S/C17H29N3/c1-13(2)12-20(10-9-19(3)4)17-11-16(18)14-7-5-6-8-15(14)17/h5-8,13,16-17H,9-12,18H2,1-4H3. The number of nitrogens with zero attached hydrogens (tertiary/aromatic N) is 2. The first-order chi connectivity index (χ1) is 9.49. The van der Waals surface area contributed by atoms with Crippen molar-refractivity contribution >= 4 is 0 Å². The molecule has 1 aromatic rings. The SMILES string of the molecule is CC(C)CN(CCN(C)C)C1CC(N)c2ccccc21. The Hall–Kier alpha value is -0.900. The summed E-state index contributed by atoms with van der Waals surface area (Å²) in [5, 5.41) is 0. The Labute approximate surface area is 123 Å². The van der Waals surface area contributed by atoms with Gasteiger partial charge in [-0.05, 0) is 37.6 Å². The number of hydrogen-bond donors (Lipinski definition) is 1. The number of benzene rings is 1. The molecule has 2 atom stereocenters. The molecule has 20 heavy (non-hydrogen) atoms. The van der Waals surface area contributed by atoms with Gasteiger partial charge >= 0.3 is 0 Å². The number of hydrogen-bond acceptors (Lipinski definition) is 3. The largest absolute Gasteiger partial charge is 0.324 e. The van der Waals surface area contributed by atoms with Crippen LogP contribution in [0.4, 0.5) is 0 Å². The van der Waals surface area contributed by atoms with E-state index in [0.29, 0.717) is 12.0 Å². The second-order valence-corrected chi connectivity index (χ2v) is 6.68. The summed E-state index contributed by atoms with van der Waals surface area (Å²) in [6.45, 7) is 7.93. The van der Waals surface area contributed by atoms with Gasteiger partial charge in [0.25, 0.3) is 0 Å². The normalized spacial score (nSPS) is 22.0. The van der Waals surface area contributed by atoms with E-state index in [-0.39, 0.29) is 6.04 Å². The third kappa shape index (κ3) is 3.60. The summed E-state index contributed by atoms with van der Waals surface area (Å²) in [5.41, 5.74) is 9.11. The minimum absolute atomic E-state index is 0.199. The van der Waals surface area contributed by atoms with E-state index in [4.69, 9.17) is 5.73 Å². The van der Waals surface area contributed by atoms with Gasteiger partial charge in [0.05, 0.1) is 0 Å². The van der Waals surface area contributed by atoms with Gasteiger partial charge in [-0.25, -0.2) is 0 Å². The molecule has 0 fully saturated rings. The molecule has 0 spiro atoms. The fraction of sp³-hybridized carbons (Fsp3) is 0.647. The fourth-order valence-electron chi connectivity index (χ4n) is 3.16. The van der Waals surface area contributed by atoms with Crippen LogP contribution < -0.4 is 5.73 Å². The molecule has 3 heteroatoms. The molecular weight excluding hydrogens is 246 g/mol. The van der Waals surface area contributed by atoms with Crippen molar-refractivity contribution in [1.29, 1.82) is 0 Å². The zero-order chi connectivity index (χ0) is 14.7. The maximum atomic E-state index is 6.32. The van der Waals surface area contributed by atoms with Crippen LogP contribution in [0.2, 0.25) is 0 Å². The van der Waals surface area contributed by atoms with Gasteiger partial charge in [0, 0.05) is 31.7 Å². The highest BCUT2D eigenvalue weighted by molar-refractivity contribution is 5.37. The van der Waals surface area contributed by atoms with Crippen molar-refractivity contribution in [1.82, 2.24) is 9.80 Å². The van der Waals surface area contributed by atoms with E-state index in [1.165, 1.54) is 11.1 Å². The lowest BCUT2D eigenvalue weighted by molar-refractivity contribution is 0.156.